The van der Waals surface area contributed by atoms with Crippen molar-refractivity contribution in [3.63, 3.8) is 0 Å². The minimum Gasteiger partial charge on any atom is -0.487 e. The fraction of sp³-hybridized carbons (Fsp3) is 0.429. The number of halogens is 1. The Balaban J connectivity index is 1.50. The van der Waals surface area contributed by atoms with Crippen molar-refractivity contribution in [2.45, 2.75) is 30.8 Å². The average Bonchev–Trinajstić information content (AvgIpc) is 3.19. The zero-order chi connectivity index (χ0) is 18.7. The predicted octanol–water partition coefficient (Wildman–Crippen LogP) is 3.46. The Bertz CT molecular complexity index is 793. The predicted molar refractivity (Wildman–Crippen MR) is 103 cm³/mol. The number of benzene rings is 1. The number of carbonyl (C=O) groups is 1. The standard InChI is InChI=1S/C21H23ClN2O3/c22-18-14-23-10-6-19(18)27-17-7-11-24(15-17)20(25)21(8-12-26-13-9-21)16-4-2-1-3-5-16/h1-6,10,14,17H,7-9,11-13,15H2/t17-/m0/s1. The quantitative estimate of drug-likeness (QED) is 0.807. The van der Waals surface area contributed by atoms with Gasteiger partial charge in [0.2, 0.25) is 5.91 Å². The van der Waals surface area contributed by atoms with E-state index in [1.807, 2.05) is 23.1 Å². The van der Waals surface area contributed by atoms with Crippen molar-refractivity contribution in [2.75, 3.05) is 26.3 Å². The third-order valence-electron chi connectivity index (χ3n) is 5.54. The lowest BCUT2D eigenvalue weighted by molar-refractivity contribution is -0.140. The molecule has 2 fully saturated rings. The highest BCUT2D eigenvalue weighted by molar-refractivity contribution is 6.31. The first-order chi connectivity index (χ1) is 13.2. The van der Waals surface area contributed by atoms with Gasteiger partial charge in [-0.05, 0) is 18.4 Å². The molecule has 6 heteroatoms. The first-order valence-electron chi connectivity index (χ1n) is 9.38. The van der Waals surface area contributed by atoms with Crippen LogP contribution in [0.1, 0.15) is 24.8 Å². The maximum atomic E-state index is 13.6. The maximum Gasteiger partial charge on any atom is 0.233 e. The van der Waals surface area contributed by atoms with E-state index in [4.69, 9.17) is 21.1 Å². The fourth-order valence-corrected chi connectivity index (χ4v) is 4.22. The van der Waals surface area contributed by atoms with Crippen LogP contribution in [0.3, 0.4) is 0 Å². The summed E-state index contributed by atoms with van der Waals surface area (Å²) in [7, 11) is 0. The van der Waals surface area contributed by atoms with E-state index < -0.39 is 5.41 Å². The van der Waals surface area contributed by atoms with E-state index in [9.17, 15) is 4.79 Å². The van der Waals surface area contributed by atoms with Gasteiger partial charge in [0.15, 0.2) is 0 Å². The van der Waals surface area contributed by atoms with E-state index in [2.05, 4.69) is 17.1 Å². The number of hydrogen-bond acceptors (Lipinski definition) is 4. The third-order valence-corrected chi connectivity index (χ3v) is 5.83. The largest absolute Gasteiger partial charge is 0.487 e. The highest BCUT2D eigenvalue weighted by atomic mass is 35.5. The van der Waals surface area contributed by atoms with E-state index in [1.54, 1.807) is 18.5 Å². The van der Waals surface area contributed by atoms with Crippen LogP contribution in [0.4, 0.5) is 0 Å². The molecule has 0 saturated carbocycles. The molecular formula is C21H23ClN2O3. The molecule has 142 valence electrons. The molecule has 27 heavy (non-hydrogen) atoms. The average molecular weight is 387 g/mol. The molecule has 2 saturated heterocycles. The van der Waals surface area contributed by atoms with Crippen LogP contribution >= 0.6 is 11.6 Å². The molecule has 0 unspecified atom stereocenters. The van der Waals surface area contributed by atoms with E-state index in [-0.39, 0.29) is 12.0 Å². The summed E-state index contributed by atoms with van der Waals surface area (Å²) in [6.07, 6.45) is 5.40. The maximum absolute atomic E-state index is 13.6. The third kappa shape index (κ3) is 3.66. The molecular weight excluding hydrogens is 364 g/mol. The summed E-state index contributed by atoms with van der Waals surface area (Å²) in [6.45, 7) is 2.50. The minimum atomic E-state index is -0.497. The molecule has 0 radical (unpaired) electrons. The van der Waals surface area contributed by atoms with Crippen LogP contribution in [0, 0.1) is 0 Å². The fourth-order valence-electron chi connectivity index (χ4n) is 4.05. The van der Waals surface area contributed by atoms with Crippen LogP contribution in [-0.4, -0.2) is 48.2 Å². The van der Waals surface area contributed by atoms with E-state index in [1.165, 1.54) is 0 Å². The second kappa shape index (κ2) is 7.87. The van der Waals surface area contributed by atoms with Gasteiger partial charge in [-0.25, -0.2) is 0 Å². The Morgan fingerprint density at radius 2 is 2.00 bits per heavy atom. The number of aromatic nitrogens is 1. The number of nitrogens with zero attached hydrogens (tertiary/aromatic N) is 2. The molecule has 2 aliphatic rings. The van der Waals surface area contributed by atoms with Gasteiger partial charge in [0, 0.05) is 44.6 Å². The van der Waals surface area contributed by atoms with E-state index in [0.717, 1.165) is 12.0 Å². The highest BCUT2D eigenvalue weighted by Gasteiger charge is 2.45. The van der Waals surface area contributed by atoms with Crippen molar-refractivity contribution in [3.05, 3.63) is 59.4 Å². The van der Waals surface area contributed by atoms with Crippen LogP contribution in [-0.2, 0) is 14.9 Å². The first kappa shape index (κ1) is 18.3. The normalized spacial score (nSPS) is 21.8. The number of hydrogen-bond donors (Lipinski definition) is 0. The summed E-state index contributed by atoms with van der Waals surface area (Å²) in [4.78, 5) is 19.5. The van der Waals surface area contributed by atoms with Gasteiger partial charge in [0.25, 0.3) is 0 Å². The minimum absolute atomic E-state index is 0.0542. The lowest BCUT2D eigenvalue weighted by Crippen LogP contribution is -2.49. The van der Waals surface area contributed by atoms with Gasteiger partial charge in [-0.15, -0.1) is 0 Å². The van der Waals surface area contributed by atoms with Crippen molar-refractivity contribution in [3.8, 4) is 5.75 Å². The number of likely N-dealkylation sites (tertiary alicyclic amines) is 1. The summed E-state index contributed by atoms with van der Waals surface area (Å²) in [5.74, 6) is 0.804. The Morgan fingerprint density at radius 3 is 2.74 bits per heavy atom. The van der Waals surface area contributed by atoms with Crippen molar-refractivity contribution in [2.24, 2.45) is 0 Å². The van der Waals surface area contributed by atoms with Crippen molar-refractivity contribution in [1.29, 1.82) is 0 Å². The first-order valence-corrected chi connectivity index (χ1v) is 9.76. The molecule has 4 rings (SSSR count). The van der Waals surface area contributed by atoms with Gasteiger partial charge in [-0.1, -0.05) is 41.9 Å². The molecule has 0 spiro atoms. The molecule has 1 aromatic carbocycles. The van der Waals surface area contributed by atoms with Gasteiger partial charge in [0.1, 0.15) is 16.9 Å². The van der Waals surface area contributed by atoms with E-state index >= 15 is 0 Å². The number of rotatable bonds is 4. The molecule has 0 N–H and O–H groups in total. The van der Waals surface area contributed by atoms with Crippen molar-refractivity contribution < 1.29 is 14.3 Å². The van der Waals surface area contributed by atoms with Gasteiger partial charge in [-0.2, -0.15) is 0 Å². The van der Waals surface area contributed by atoms with Crippen LogP contribution in [0.5, 0.6) is 5.75 Å². The lowest BCUT2D eigenvalue weighted by atomic mass is 9.73. The van der Waals surface area contributed by atoms with Gasteiger partial charge in [0.05, 0.1) is 12.0 Å². The summed E-state index contributed by atoms with van der Waals surface area (Å²) >= 11 is 6.14. The zero-order valence-corrected chi connectivity index (χ0v) is 15.9. The molecule has 0 aliphatic carbocycles. The summed E-state index contributed by atoms with van der Waals surface area (Å²) in [5, 5.41) is 0.493. The molecule has 0 bridgehead atoms. The zero-order valence-electron chi connectivity index (χ0n) is 15.1. The molecule has 1 aromatic heterocycles. The Kier molecular flexibility index (Phi) is 5.32. The summed E-state index contributed by atoms with van der Waals surface area (Å²) in [5.41, 5.74) is 0.586. The summed E-state index contributed by atoms with van der Waals surface area (Å²) in [6, 6.07) is 11.9. The second-order valence-corrected chi connectivity index (χ2v) is 7.55. The summed E-state index contributed by atoms with van der Waals surface area (Å²) < 4.78 is 11.6. The Morgan fingerprint density at radius 1 is 1.22 bits per heavy atom. The van der Waals surface area contributed by atoms with Gasteiger partial charge in [-0.3, -0.25) is 9.78 Å². The second-order valence-electron chi connectivity index (χ2n) is 7.15. The Hall–Kier alpha value is -2.11. The highest BCUT2D eigenvalue weighted by Crippen LogP contribution is 2.38. The molecule has 2 aromatic rings. The monoisotopic (exact) mass is 386 g/mol. The van der Waals surface area contributed by atoms with Gasteiger partial charge >= 0.3 is 0 Å². The molecule has 1 amide bonds. The number of pyridine rings is 1. The van der Waals surface area contributed by atoms with Crippen LogP contribution in [0.25, 0.3) is 0 Å². The molecule has 1 atom stereocenters. The SMILES string of the molecule is O=C(N1CC[C@H](Oc2ccncc2Cl)C1)C1(c2ccccc2)CCOCC1. The van der Waals surface area contributed by atoms with Crippen LogP contribution in [0.15, 0.2) is 48.8 Å². The number of carbonyl (C=O) groups excluding carboxylic acids is 1. The molecule has 3 heterocycles. The number of amides is 1. The molecule has 2 aliphatic heterocycles. The van der Waals surface area contributed by atoms with Crippen LogP contribution < -0.4 is 4.74 Å². The van der Waals surface area contributed by atoms with Crippen molar-refractivity contribution >= 4 is 17.5 Å². The number of ether oxygens (including phenoxy) is 2. The van der Waals surface area contributed by atoms with Crippen molar-refractivity contribution in [1.82, 2.24) is 9.88 Å². The van der Waals surface area contributed by atoms with Crippen LogP contribution in [0.2, 0.25) is 5.02 Å². The van der Waals surface area contributed by atoms with Gasteiger partial charge < -0.3 is 14.4 Å². The lowest BCUT2D eigenvalue weighted by Gasteiger charge is -2.39. The smallest absolute Gasteiger partial charge is 0.233 e. The van der Waals surface area contributed by atoms with E-state index in [0.29, 0.717) is 49.9 Å². The Labute approximate surface area is 164 Å². The topological polar surface area (TPSA) is 51.7 Å². The molecule has 5 nitrogen and oxygen atoms in total.